The SMILES string of the molecule is CC(C)N1CC2(CCN(Cc3c(F)cccc3F)C2)COCC1=O. The first-order valence-electron chi connectivity index (χ1n) is 8.43. The molecule has 132 valence electrons. The molecule has 2 saturated heterocycles. The summed E-state index contributed by atoms with van der Waals surface area (Å²) in [4.78, 5) is 16.1. The van der Waals surface area contributed by atoms with E-state index in [1.807, 2.05) is 18.7 Å². The Balaban J connectivity index is 1.73. The summed E-state index contributed by atoms with van der Waals surface area (Å²) in [5.41, 5.74) is -0.0427. The van der Waals surface area contributed by atoms with Crippen molar-refractivity contribution in [3.05, 3.63) is 35.4 Å². The van der Waals surface area contributed by atoms with E-state index in [9.17, 15) is 13.6 Å². The van der Waals surface area contributed by atoms with E-state index in [1.165, 1.54) is 18.2 Å². The number of carbonyl (C=O) groups is 1. The van der Waals surface area contributed by atoms with E-state index in [1.54, 1.807) is 0 Å². The van der Waals surface area contributed by atoms with Crippen LogP contribution in [0, 0.1) is 17.0 Å². The Morgan fingerprint density at radius 3 is 2.62 bits per heavy atom. The van der Waals surface area contributed by atoms with Gasteiger partial charge in [0.1, 0.15) is 18.2 Å². The summed E-state index contributed by atoms with van der Waals surface area (Å²) in [6.07, 6.45) is 0.861. The summed E-state index contributed by atoms with van der Waals surface area (Å²) in [5.74, 6) is -1.00. The van der Waals surface area contributed by atoms with E-state index >= 15 is 0 Å². The van der Waals surface area contributed by atoms with Gasteiger partial charge in [0.15, 0.2) is 0 Å². The van der Waals surface area contributed by atoms with Gasteiger partial charge in [-0.15, -0.1) is 0 Å². The first-order chi connectivity index (χ1) is 11.4. The van der Waals surface area contributed by atoms with Crippen molar-refractivity contribution in [3.63, 3.8) is 0 Å². The minimum Gasteiger partial charge on any atom is -0.371 e. The summed E-state index contributed by atoms with van der Waals surface area (Å²) >= 11 is 0. The van der Waals surface area contributed by atoms with Crippen LogP contribution in [0.1, 0.15) is 25.8 Å². The van der Waals surface area contributed by atoms with Crippen LogP contribution in [0.3, 0.4) is 0 Å². The Labute approximate surface area is 141 Å². The molecule has 0 saturated carbocycles. The predicted molar refractivity (Wildman–Crippen MR) is 86.4 cm³/mol. The molecule has 2 aliphatic rings. The lowest BCUT2D eigenvalue weighted by Gasteiger charge is -2.34. The van der Waals surface area contributed by atoms with Crippen LogP contribution in [0.4, 0.5) is 8.78 Å². The van der Waals surface area contributed by atoms with E-state index in [-0.39, 0.29) is 36.1 Å². The second-order valence-corrected chi connectivity index (χ2v) is 7.27. The molecule has 0 radical (unpaired) electrons. The summed E-state index contributed by atoms with van der Waals surface area (Å²) in [5, 5.41) is 0. The van der Waals surface area contributed by atoms with Crippen molar-refractivity contribution in [2.45, 2.75) is 32.9 Å². The molecule has 24 heavy (non-hydrogen) atoms. The first-order valence-corrected chi connectivity index (χ1v) is 8.43. The van der Waals surface area contributed by atoms with Gasteiger partial charge in [-0.2, -0.15) is 0 Å². The van der Waals surface area contributed by atoms with Gasteiger partial charge in [0.05, 0.1) is 6.61 Å². The molecule has 3 rings (SSSR count). The van der Waals surface area contributed by atoms with Crippen LogP contribution in [0.15, 0.2) is 18.2 Å². The standard InChI is InChI=1S/C18H24F2N2O2/c1-13(2)22-11-18(12-24-9-17(22)23)6-7-21(10-18)8-14-15(19)4-3-5-16(14)20/h3-5,13H,6-12H2,1-2H3. The van der Waals surface area contributed by atoms with Crippen LogP contribution in [0.5, 0.6) is 0 Å². The van der Waals surface area contributed by atoms with Crippen molar-refractivity contribution in [1.29, 1.82) is 0 Å². The number of rotatable bonds is 3. The van der Waals surface area contributed by atoms with Gasteiger partial charge >= 0.3 is 0 Å². The predicted octanol–water partition coefficient (Wildman–Crippen LogP) is 2.42. The summed E-state index contributed by atoms with van der Waals surface area (Å²) in [6.45, 7) is 6.93. The van der Waals surface area contributed by atoms with Crippen LogP contribution in [-0.2, 0) is 16.1 Å². The number of ether oxygens (including phenoxy) is 1. The van der Waals surface area contributed by atoms with E-state index in [0.717, 1.165) is 13.0 Å². The van der Waals surface area contributed by atoms with E-state index in [2.05, 4.69) is 4.90 Å². The number of carbonyl (C=O) groups excluding carboxylic acids is 1. The number of benzene rings is 1. The highest BCUT2D eigenvalue weighted by atomic mass is 19.1. The van der Waals surface area contributed by atoms with Crippen LogP contribution in [0.2, 0.25) is 0 Å². The van der Waals surface area contributed by atoms with Gasteiger partial charge in [0.25, 0.3) is 0 Å². The Kier molecular flexibility index (Phi) is 4.88. The molecule has 2 fully saturated rings. The molecule has 1 aromatic carbocycles. The number of halogens is 2. The number of hydrogen-bond acceptors (Lipinski definition) is 3. The van der Waals surface area contributed by atoms with Crippen LogP contribution >= 0.6 is 0 Å². The normalized spacial score (nSPS) is 25.7. The third-order valence-corrected chi connectivity index (χ3v) is 5.04. The zero-order chi connectivity index (χ0) is 17.3. The highest BCUT2D eigenvalue weighted by Crippen LogP contribution is 2.35. The van der Waals surface area contributed by atoms with Gasteiger partial charge in [0.2, 0.25) is 5.91 Å². The molecule has 1 amide bonds. The number of hydrogen-bond donors (Lipinski definition) is 0. The fourth-order valence-corrected chi connectivity index (χ4v) is 3.72. The van der Waals surface area contributed by atoms with Gasteiger partial charge in [-0.1, -0.05) is 6.07 Å². The lowest BCUT2D eigenvalue weighted by Crippen LogP contribution is -2.45. The molecule has 0 bridgehead atoms. The second kappa shape index (κ2) is 6.76. The monoisotopic (exact) mass is 338 g/mol. The fraction of sp³-hybridized carbons (Fsp3) is 0.611. The third-order valence-electron chi connectivity index (χ3n) is 5.04. The molecule has 0 aromatic heterocycles. The highest BCUT2D eigenvalue weighted by molar-refractivity contribution is 5.78. The van der Waals surface area contributed by atoms with Crippen molar-refractivity contribution in [2.75, 3.05) is 32.8 Å². The van der Waals surface area contributed by atoms with Gasteiger partial charge in [-0.05, 0) is 38.9 Å². The summed E-state index contributed by atoms with van der Waals surface area (Å²) in [7, 11) is 0. The van der Waals surface area contributed by atoms with Crippen molar-refractivity contribution in [3.8, 4) is 0 Å². The molecular weight excluding hydrogens is 314 g/mol. The van der Waals surface area contributed by atoms with E-state index in [4.69, 9.17) is 4.74 Å². The largest absolute Gasteiger partial charge is 0.371 e. The second-order valence-electron chi connectivity index (χ2n) is 7.27. The van der Waals surface area contributed by atoms with Crippen molar-refractivity contribution >= 4 is 5.91 Å². The maximum Gasteiger partial charge on any atom is 0.248 e. The Hall–Kier alpha value is -1.53. The molecule has 2 heterocycles. The Morgan fingerprint density at radius 1 is 1.25 bits per heavy atom. The summed E-state index contributed by atoms with van der Waals surface area (Å²) in [6, 6.07) is 4.08. The lowest BCUT2D eigenvalue weighted by molar-refractivity contribution is -0.135. The van der Waals surface area contributed by atoms with Gasteiger partial charge < -0.3 is 9.64 Å². The number of amides is 1. The fourth-order valence-electron chi connectivity index (χ4n) is 3.72. The van der Waals surface area contributed by atoms with Crippen molar-refractivity contribution < 1.29 is 18.3 Å². The molecule has 0 aliphatic carbocycles. The zero-order valence-corrected chi connectivity index (χ0v) is 14.2. The van der Waals surface area contributed by atoms with Gasteiger partial charge in [-0.3, -0.25) is 9.69 Å². The maximum absolute atomic E-state index is 13.9. The van der Waals surface area contributed by atoms with Crippen LogP contribution in [0.25, 0.3) is 0 Å². The molecular formula is C18H24F2N2O2. The molecule has 1 aromatic rings. The van der Waals surface area contributed by atoms with Crippen molar-refractivity contribution in [1.82, 2.24) is 9.80 Å². The molecule has 1 unspecified atom stereocenters. The Morgan fingerprint density at radius 2 is 1.96 bits per heavy atom. The molecule has 2 aliphatic heterocycles. The molecule has 6 heteroatoms. The molecule has 1 atom stereocenters. The van der Waals surface area contributed by atoms with E-state index < -0.39 is 11.6 Å². The molecule has 0 N–H and O–H groups in total. The quantitative estimate of drug-likeness (QED) is 0.849. The first kappa shape index (κ1) is 17.3. The average Bonchev–Trinajstić information content (AvgIpc) is 2.83. The topological polar surface area (TPSA) is 32.8 Å². The number of nitrogens with zero attached hydrogens (tertiary/aromatic N) is 2. The molecule has 1 spiro atoms. The third kappa shape index (κ3) is 3.44. The van der Waals surface area contributed by atoms with E-state index in [0.29, 0.717) is 19.7 Å². The smallest absolute Gasteiger partial charge is 0.248 e. The maximum atomic E-state index is 13.9. The minimum absolute atomic E-state index is 0.0143. The van der Waals surface area contributed by atoms with Crippen LogP contribution in [-0.4, -0.2) is 54.6 Å². The van der Waals surface area contributed by atoms with Gasteiger partial charge in [0, 0.05) is 36.7 Å². The molecule has 4 nitrogen and oxygen atoms in total. The minimum atomic E-state index is -0.507. The number of likely N-dealkylation sites (tertiary alicyclic amines) is 1. The highest BCUT2D eigenvalue weighted by Gasteiger charge is 2.43. The van der Waals surface area contributed by atoms with Gasteiger partial charge in [-0.25, -0.2) is 8.78 Å². The van der Waals surface area contributed by atoms with Crippen LogP contribution < -0.4 is 0 Å². The zero-order valence-electron chi connectivity index (χ0n) is 14.2. The average molecular weight is 338 g/mol. The summed E-state index contributed by atoms with van der Waals surface area (Å²) < 4.78 is 33.4. The Bertz CT molecular complexity index is 603. The van der Waals surface area contributed by atoms with Crippen molar-refractivity contribution in [2.24, 2.45) is 5.41 Å². The lowest BCUT2D eigenvalue weighted by atomic mass is 9.87.